The molecule has 1 amide bonds. The average molecular weight is 363 g/mol. The summed E-state index contributed by atoms with van der Waals surface area (Å²) >= 11 is 0. The van der Waals surface area contributed by atoms with Crippen molar-refractivity contribution >= 4 is 23.1 Å². The monoisotopic (exact) mass is 363 g/mol. The summed E-state index contributed by atoms with van der Waals surface area (Å²) in [6.45, 7) is 0. The van der Waals surface area contributed by atoms with Gasteiger partial charge < -0.3 is 15.8 Å². The highest BCUT2D eigenvalue weighted by atomic mass is 16.5. The van der Waals surface area contributed by atoms with Crippen molar-refractivity contribution in [2.24, 2.45) is 0 Å². The molecular formula is C18H17N7O2. The highest BCUT2D eigenvalue weighted by Gasteiger charge is 2.23. The van der Waals surface area contributed by atoms with E-state index in [9.17, 15) is 4.79 Å². The van der Waals surface area contributed by atoms with Gasteiger partial charge in [0.1, 0.15) is 17.0 Å². The quantitative estimate of drug-likeness (QED) is 0.708. The lowest BCUT2D eigenvalue weighted by atomic mass is 9.96. The van der Waals surface area contributed by atoms with Gasteiger partial charge in [-0.3, -0.25) is 9.78 Å². The van der Waals surface area contributed by atoms with E-state index < -0.39 is 5.91 Å². The maximum Gasteiger partial charge on any atom is 0.263 e. The van der Waals surface area contributed by atoms with Crippen LogP contribution in [0.15, 0.2) is 30.9 Å². The minimum absolute atomic E-state index is 0.0551. The Morgan fingerprint density at radius 3 is 3.04 bits per heavy atom. The Labute approximate surface area is 154 Å². The van der Waals surface area contributed by atoms with E-state index >= 15 is 0 Å². The van der Waals surface area contributed by atoms with Gasteiger partial charge in [0.15, 0.2) is 11.5 Å². The summed E-state index contributed by atoms with van der Waals surface area (Å²) in [5.74, 6) is 0.177. The van der Waals surface area contributed by atoms with Crippen LogP contribution in [0.3, 0.4) is 0 Å². The molecule has 3 N–H and O–H groups in total. The van der Waals surface area contributed by atoms with Crippen molar-refractivity contribution in [1.29, 1.82) is 5.26 Å². The molecule has 3 heterocycles. The number of nitriles is 1. The van der Waals surface area contributed by atoms with Gasteiger partial charge in [0, 0.05) is 30.2 Å². The number of anilines is 2. The van der Waals surface area contributed by atoms with Gasteiger partial charge in [-0.05, 0) is 19.3 Å². The van der Waals surface area contributed by atoms with Crippen molar-refractivity contribution < 1.29 is 9.53 Å². The lowest BCUT2D eigenvalue weighted by Gasteiger charge is -2.27. The Morgan fingerprint density at radius 2 is 2.30 bits per heavy atom. The second-order valence-corrected chi connectivity index (χ2v) is 6.32. The van der Waals surface area contributed by atoms with Crippen LogP contribution in [-0.2, 0) is 6.42 Å². The maximum absolute atomic E-state index is 12.8. The molecule has 9 nitrogen and oxygen atoms in total. The number of pyridine rings is 1. The molecule has 4 rings (SSSR count). The third-order valence-electron chi connectivity index (χ3n) is 4.44. The first-order chi connectivity index (χ1) is 13.2. The fourth-order valence-electron chi connectivity index (χ4n) is 2.82. The number of ether oxygens (including phenoxy) is 1. The van der Waals surface area contributed by atoms with Crippen LogP contribution >= 0.6 is 0 Å². The number of rotatable bonds is 5. The molecule has 0 saturated heterocycles. The fraction of sp³-hybridized carbons (Fsp3) is 0.278. The number of fused-ring (bicyclic) bond motifs is 1. The van der Waals surface area contributed by atoms with E-state index in [2.05, 4.69) is 20.4 Å². The number of carbonyl (C=O) groups excluding carboxylic acids is 1. The predicted octanol–water partition coefficient (Wildman–Crippen LogP) is 1.96. The minimum Gasteiger partial charge on any atom is -0.488 e. The fourth-order valence-corrected chi connectivity index (χ4v) is 2.82. The Morgan fingerprint density at radius 1 is 1.44 bits per heavy atom. The largest absolute Gasteiger partial charge is 0.488 e. The summed E-state index contributed by atoms with van der Waals surface area (Å²) < 4.78 is 7.32. The lowest BCUT2D eigenvalue weighted by Crippen LogP contribution is -2.25. The van der Waals surface area contributed by atoms with Gasteiger partial charge in [-0.1, -0.05) is 0 Å². The number of nitrogens with two attached hydrogens (primary N) is 1. The topological polar surface area (TPSA) is 131 Å². The molecular weight excluding hydrogens is 346 g/mol. The van der Waals surface area contributed by atoms with Gasteiger partial charge in [-0.25, -0.2) is 9.50 Å². The second kappa shape index (κ2) is 6.92. The molecule has 1 aliphatic carbocycles. The number of nitrogens with one attached hydrogen (secondary N) is 1. The van der Waals surface area contributed by atoms with Crippen LogP contribution in [0.4, 0.5) is 11.5 Å². The normalized spacial score (nSPS) is 13.7. The van der Waals surface area contributed by atoms with Crippen molar-refractivity contribution in [3.63, 3.8) is 0 Å². The second-order valence-electron chi connectivity index (χ2n) is 6.32. The first-order valence-electron chi connectivity index (χ1n) is 8.57. The molecule has 3 aromatic heterocycles. The van der Waals surface area contributed by atoms with Crippen LogP contribution in [0.1, 0.15) is 35.2 Å². The van der Waals surface area contributed by atoms with E-state index in [-0.39, 0.29) is 23.9 Å². The molecule has 1 saturated carbocycles. The van der Waals surface area contributed by atoms with Crippen LogP contribution in [0.25, 0.3) is 5.65 Å². The highest BCUT2D eigenvalue weighted by Crippen LogP contribution is 2.30. The number of aromatic nitrogens is 4. The maximum atomic E-state index is 12.8. The third kappa shape index (κ3) is 3.25. The Kier molecular flexibility index (Phi) is 4.30. The van der Waals surface area contributed by atoms with E-state index in [1.165, 1.54) is 16.9 Å². The molecule has 27 heavy (non-hydrogen) atoms. The minimum atomic E-state index is -0.450. The molecule has 0 aromatic carbocycles. The van der Waals surface area contributed by atoms with Gasteiger partial charge in [0.2, 0.25) is 0 Å². The molecule has 1 fully saturated rings. The number of amides is 1. The molecule has 0 aliphatic heterocycles. The molecule has 1 aliphatic rings. The van der Waals surface area contributed by atoms with Gasteiger partial charge in [-0.2, -0.15) is 5.26 Å². The Hall–Kier alpha value is -3.67. The molecule has 0 unspecified atom stereocenters. The summed E-state index contributed by atoms with van der Waals surface area (Å²) in [6, 6.07) is 3.77. The predicted molar refractivity (Wildman–Crippen MR) is 97.2 cm³/mol. The molecule has 0 radical (unpaired) electrons. The first kappa shape index (κ1) is 16.8. The molecule has 9 heteroatoms. The number of hydrogen-bond donors (Lipinski definition) is 2. The highest BCUT2D eigenvalue weighted by molar-refractivity contribution is 6.11. The molecule has 0 atom stereocenters. The zero-order chi connectivity index (χ0) is 18.8. The van der Waals surface area contributed by atoms with Crippen LogP contribution in [0.2, 0.25) is 0 Å². The number of nitrogen functional groups attached to an aromatic ring is 1. The van der Waals surface area contributed by atoms with Crippen molar-refractivity contribution in [3.8, 4) is 11.8 Å². The Balaban J connectivity index is 1.62. The van der Waals surface area contributed by atoms with E-state index in [0.29, 0.717) is 22.6 Å². The van der Waals surface area contributed by atoms with Crippen LogP contribution in [0.5, 0.6) is 5.75 Å². The standard InChI is InChI=1S/C18H17N7O2/c19-6-4-11-8-22-17-15(16(20)24-25(17)10-11)18(26)23-13-9-21-7-5-14(13)27-12-2-1-3-12/h5,7-10,12H,1-4H2,(H2,20,24)(H,23,26). The zero-order valence-corrected chi connectivity index (χ0v) is 14.4. The van der Waals surface area contributed by atoms with Crippen molar-refractivity contribution in [1.82, 2.24) is 19.6 Å². The van der Waals surface area contributed by atoms with Crippen LogP contribution in [0, 0.1) is 11.3 Å². The van der Waals surface area contributed by atoms with Crippen molar-refractivity contribution in [2.75, 3.05) is 11.1 Å². The smallest absolute Gasteiger partial charge is 0.263 e. The zero-order valence-electron chi connectivity index (χ0n) is 14.4. The molecule has 0 spiro atoms. The summed E-state index contributed by atoms with van der Waals surface area (Å²) in [7, 11) is 0. The Bertz CT molecular complexity index is 1050. The number of hydrogen-bond acceptors (Lipinski definition) is 7. The van der Waals surface area contributed by atoms with E-state index in [1.807, 2.05) is 6.07 Å². The van der Waals surface area contributed by atoms with E-state index in [4.69, 9.17) is 15.7 Å². The van der Waals surface area contributed by atoms with Gasteiger partial charge in [-0.15, -0.1) is 5.10 Å². The number of carbonyl (C=O) groups is 1. The summed E-state index contributed by atoms with van der Waals surface area (Å²) in [5.41, 5.74) is 7.57. The first-order valence-corrected chi connectivity index (χ1v) is 8.57. The van der Waals surface area contributed by atoms with E-state index in [1.54, 1.807) is 18.5 Å². The average Bonchev–Trinajstić information content (AvgIpc) is 2.94. The molecule has 136 valence electrons. The van der Waals surface area contributed by atoms with Crippen molar-refractivity contribution in [3.05, 3.63) is 42.0 Å². The molecule has 3 aromatic rings. The molecule has 0 bridgehead atoms. The van der Waals surface area contributed by atoms with Crippen molar-refractivity contribution in [2.45, 2.75) is 31.8 Å². The number of nitrogens with zero attached hydrogens (tertiary/aromatic N) is 5. The van der Waals surface area contributed by atoms with Gasteiger partial charge in [0.05, 0.1) is 24.8 Å². The lowest BCUT2D eigenvalue weighted by molar-refractivity contribution is 0.102. The third-order valence-corrected chi connectivity index (χ3v) is 4.44. The summed E-state index contributed by atoms with van der Waals surface area (Å²) in [4.78, 5) is 21.1. The summed E-state index contributed by atoms with van der Waals surface area (Å²) in [6.07, 6.45) is 9.84. The van der Waals surface area contributed by atoms with E-state index in [0.717, 1.165) is 19.3 Å². The van der Waals surface area contributed by atoms with Crippen LogP contribution < -0.4 is 15.8 Å². The van der Waals surface area contributed by atoms with Gasteiger partial charge in [0.25, 0.3) is 5.91 Å². The SMILES string of the molecule is N#CCc1cnc2c(C(=O)Nc3cnccc3OC3CCC3)c(N)nn2c1. The summed E-state index contributed by atoms with van der Waals surface area (Å²) in [5, 5.41) is 15.7. The van der Waals surface area contributed by atoms with Crippen LogP contribution in [-0.4, -0.2) is 31.6 Å². The van der Waals surface area contributed by atoms with Gasteiger partial charge >= 0.3 is 0 Å².